The second-order valence-electron chi connectivity index (χ2n) is 7.33. The quantitative estimate of drug-likeness (QED) is 0.726. The fourth-order valence-corrected chi connectivity index (χ4v) is 5.02. The molecule has 3 aromatic rings. The molecule has 0 spiro atoms. The molecule has 148 valence electrons. The third-order valence-corrected chi connectivity index (χ3v) is 7.09. The zero-order chi connectivity index (χ0) is 19.7. The second kappa shape index (κ2) is 7.52. The Morgan fingerprint density at radius 2 is 1.93 bits per heavy atom. The smallest absolute Gasteiger partial charge is 0.269 e. The van der Waals surface area contributed by atoms with Crippen LogP contribution >= 0.6 is 0 Å². The van der Waals surface area contributed by atoms with E-state index >= 15 is 0 Å². The number of rotatable bonds is 4. The van der Waals surface area contributed by atoms with Crippen molar-refractivity contribution < 1.29 is 8.42 Å². The number of benzene rings is 1. The lowest BCUT2D eigenvalue weighted by Crippen LogP contribution is -2.39. The van der Waals surface area contributed by atoms with Crippen LogP contribution in [-0.2, 0) is 10.0 Å². The molecule has 0 saturated carbocycles. The standard InChI is InChI=1S/C20H25N5O2S/c1-15-6-8-17(9-7-15)28(26,27)25-12-10-18-19(22-14-23-20(18)25)24(2)16-5-3-4-11-21-13-16/h6-10,12,14,16,21H,3-5,11,13H2,1-2H3/t16-/m0/s1. The van der Waals surface area contributed by atoms with Gasteiger partial charge in [-0.1, -0.05) is 24.1 Å². The fourth-order valence-electron chi connectivity index (χ4n) is 3.72. The van der Waals surface area contributed by atoms with E-state index in [1.165, 1.54) is 23.1 Å². The van der Waals surface area contributed by atoms with Crippen LogP contribution in [0.15, 0.2) is 47.8 Å². The Balaban J connectivity index is 1.75. The van der Waals surface area contributed by atoms with Crippen molar-refractivity contribution in [2.75, 3.05) is 25.0 Å². The summed E-state index contributed by atoms with van der Waals surface area (Å²) in [5.74, 6) is 0.761. The van der Waals surface area contributed by atoms with Crippen LogP contribution in [0.4, 0.5) is 5.82 Å². The fraction of sp³-hybridized carbons (Fsp3) is 0.400. The summed E-state index contributed by atoms with van der Waals surface area (Å²) in [5.41, 5.74) is 1.42. The summed E-state index contributed by atoms with van der Waals surface area (Å²) >= 11 is 0. The summed E-state index contributed by atoms with van der Waals surface area (Å²) in [6.07, 6.45) is 6.43. The van der Waals surface area contributed by atoms with E-state index in [1.807, 2.05) is 14.0 Å². The third kappa shape index (κ3) is 3.38. The van der Waals surface area contributed by atoms with Gasteiger partial charge in [0, 0.05) is 25.8 Å². The molecule has 0 unspecified atom stereocenters. The Bertz CT molecular complexity index is 1070. The lowest BCUT2D eigenvalue weighted by atomic mass is 10.1. The first-order chi connectivity index (χ1) is 13.5. The van der Waals surface area contributed by atoms with E-state index < -0.39 is 10.0 Å². The zero-order valence-electron chi connectivity index (χ0n) is 16.2. The summed E-state index contributed by atoms with van der Waals surface area (Å²) < 4.78 is 27.5. The highest BCUT2D eigenvalue weighted by Crippen LogP contribution is 2.28. The van der Waals surface area contributed by atoms with Crippen LogP contribution in [0.1, 0.15) is 24.8 Å². The molecule has 0 aliphatic carbocycles. The maximum atomic E-state index is 13.1. The van der Waals surface area contributed by atoms with Crippen molar-refractivity contribution in [1.82, 2.24) is 19.3 Å². The number of nitrogens with one attached hydrogen (secondary N) is 1. The molecule has 1 saturated heterocycles. The van der Waals surface area contributed by atoms with E-state index in [0.29, 0.717) is 11.7 Å². The lowest BCUT2D eigenvalue weighted by molar-refractivity contribution is 0.567. The van der Waals surface area contributed by atoms with Crippen molar-refractivity contribution in [2.24, 2.45) is 0 Å². The number of anilines is 1. The molecule has 1 fully saturated rings. The Morgan fingerprint density at radius 3 is 2.71 bits per heavy atom. The van der Waals surface area contributed by atoms with Gasteiger partial charge in [-0.05, 0) is 44.5 Å². The van der Waals surface area contributed by atoms with Crippen LogP contribution in [-0.4, -0.2) is 48.5 Å². The number of hydrogen-bond acceptors (Lipinski definition) is 6. The molecule has 1 N–H and O–H groups in total. The van der Waals surface area contributed by atoms with Crippen LogP contribution in [0.2, 0.25) is 0 Å². The monoisotopic (exact) mass is 399 g/mol. The van der Waals surface area contributed by atoms with Gasteiger partial charge in [0.2, 0.25) is 0 Å². The van der Waals surface area contributed by atoms with E-state index in [0.717, 1.165) is 36.3 Å². The SMILES string of the molecule is Cc1ccc(S(=O)(=O)n2ccc3c(N(C)[C@H]4CCCCNC4)ncnc32)cc1. The molecule has 1 aliphatic rings. The minimum Gasteiger partial charge on any atom is -0.355 e. The maximum absolute atomic E-state index is 13.1. The number of likely N-dealkylation sites (N-methyl/N-ethyl adjacent to an activating group) is 1. The van der Waals surface area contributed by atoms with E-state index in [-0.39, 0.29) is 4.90 Å². The number of fused-ring (bicyclic) bond motifs is 1. The maximum Gasteiger partial charge on any atom is 0.269 e. The van der Waals surface area contributed by atoms with Crippen LogP contribution in [0.25, 0.3) is 11.0 Å². The van der Waals surface area contributed by atoms with E-state index in [2.05, 4.69) is 20.2 Å². The highest BCUT2D eigenvalue weighted by Gasteiger charge is 2.24. The first kappa shape index (κ1) is 18.9. The van der Waals surface area contributed by atoms with Gasteiger partial charge in [0.25, 0.3) is 10.0 Å². The molecule has 1 aliphatic heterocycles. The summed E-state index contributed by atoms with van der Waals surface area (Å²) in [5, 5.41) is 4.21. The van der Waals surface area contributed by atoms with Gasteiger partial charge in [0.05, 0.1) is 10.3 Å². The predicted octanol–water partition coefficient (Wildman–Crippen LogP) is 2.56. The normalized spacial score (nSPS) is 18.1. The molecule has 8 heteroatoms. The molecule has 3 heterocycles. The third-order valence-electron chi connectivity index (χ3n) is 5.41. The van der Waals surface area contributed by atoms with Gasteiger partial charge >= 0.3 is 0 Å². The molecular formula is C20H25N5O2S. The van der Waals surface area contributed by atoms with Gasteiger partial charge in [0.1, 0.15) is 12.1 Å². The molecule has 0 bridgehead atoms. The Kier molecular flexibility index (Phi) is 5.07. The minimum atomic E-state index is -3.72. The van der Waals surface area contributed by atoms with Gasteiger partial charge < -0.3 is 10.2 Å². The van der Waals surface area contributed by atoms with Crippen molar-refractivity contribution in [3.63, 3.8) is 0 Å². The van der Waals surface area contributed by atoms with E-state index in [4.69, 9.17) is 0 Å². The Hall–Kier alpha value is -2.45. The van der Waals surface area contributed by atoms with Gasteiger partial charge in [0.15, 0.2) is 5.65 Å². The predicted molar refractivity (Wildman–Crippen MR) is 110 cm³/mol. The van der Waals surface area contributed by atoms with Crippen LogP contribution < -0.4 is 10.2 Å². The van der Waals surface area contributed by atoms with Crippen molar-refractivity contribution in [2.45, 2.75) is 37.1 Å². The molecule has 1 atom stereocenters. The van der Waals surface area contributed by atoms with Gasteiger partial charge in [-0.15, -0.1) is 0 Å². The van der Waals surface area contributed by atoms with E-state index in [9.17, 15) is 8.42 Å². The highest BCUT2D eigenvalue weighted by molar-refractivity contribution is 7.90. The second-order valence-corrected chi connectivity index (χ2v) is 9.14. The van der Waals surface area contributed by atoms with Crippen molar-refractivity contribution in [3.05, 3.63) is 48.4 Å². The lowest BCUT2D eigenvalue weighted by Gasteiger charge is -2.28. The molecule has 7 nitrogen and oxygen atoms in total. The van der Waals surface area contributed by atoms with Crippen molar-refractivity contribution in [3.8, 4) is 0 Å². The average Bonchev–Trinajstić information content (AvgIpc) is 2.95. The highest BCUT2D eigenvalue weighted by atomic mass is 32.2. The van der Waals surface area contributed by atoms with Crippen molar-refractivity contribution >= 4 is 26.9 Å². The van der Waals surface area contributed by atoms with Crippen LogP contribution in [0.3, 0.4) is 0 Å². The molecular weight excluding hydrogens is 374 g/mol. The number of nitrogens with zero attached hydrogens (tertiary/aromatic N) is 4. The number of hydrogen-bond donors (Lipinski definition) is 1. The van der Waals surface area contributed by atoms with Gasteiger partial charge in [-0.25, -0.2) is 22.4 Å². The first-order valence-electron chi connectivity index (χ1n) is 9.56. The molecule has 0 radical (unpaired) electrons. The Morgan fingerprint density at radius 1 is 1.14 bits per heavy atom. The topological polar surface area (TPSA) is 80.1 Å². The zero-order valence-corrected chi connectivity index (χ0v) is 17.0. The van der Waals surface area contributed by atoms with Gasteiger partial charge in [-0.2, -0.15) is 0 Å². The first-order valence-corrected chi connectivity index (χ1v) is 11.0. The molecule has 4 rings (SSSR count). The molecule has 1 aromatic carbocycles. The largest absolute Gasteiger partial charge is 0.355 e. The van der Waals surface area contributed by atoms with Crippen molar-refractivity contribution in [1.29, 1.82) is 0 Å². The molecule has 28 heavy (non-hydrogen) atoms. The summed E-state index contributed by atoms with van der Waals surface area (Å²) in [4.78, 5) is 11.2. The van der Waals surface area contributed by atoms with E-state index in [1.54, 1.807) is 36.5 Å². The number of aryl methyl sites for hydroxylation is 1. The van der Waals surface area contributed by atoms with Crippen LogP contribution in [0, 0.1) is 6.92 Å². The van der Waals surface area contributed by atoms with Gasteiger partial charge in [-0.3, -0.25) is 0 Å². The van der Waals surface area contributed by atoms with Crippen LogP contribution in [0.5, 0.6) is 0 Å². The summed E-state index contributed by atoms with van der Waals surface area (Å²) in [6.45, 7) is 3.86. The number of aromatic nitrogens is 3. The average molecular weight is 400 g/mol. The Labute approximate surface area is 165 Å². The molecule has 2 aromatic heterocycles. The minimum absolute atomic E-state index is 0.247. The summed E-state index contributed by atoms with van der Waals surface area (Å²) in [7, 11) is -1.70. The summed E-state index contributed by atoms with van der Waals surface area (Å²) in [6, 6.07) is 8.95. The molecule has 0 amide bonds.